The first-order valence-electron chi connectivity index (χ1n) is 12.2. The largest absolute Gasteiger partial charge is 0.376 e. The Balaban J connectivity index is 1.44. The summed E-state index contributed by atoms with van der Waals surface area (Å²) >= 11 is 0. The Morgan fingerprint density at radius 1 is 1.06 bits per heavy atom. The Labute approximate surface area is 204 Å². The number of nitrogens with one attached hydrogen (secondary N) is 1. The number of rotatable bonds is 8. The van der Waals surface area contributed by atoms with Crippen LogP contribution in [0.25, 0.3) is 10.9 Å². The number of pyridine rings is 1. The zero-order valence-electron chi connectivity index (χ0n) is 20.6. The van der Waals surface area contributed by atoms with Gasteiger partial charge in [0, 0.05) is 25.3 Å². The molecule has 0 saturated carbocycles. The lowest BCUT2D eigenvalue weighted by molar-refractivity contribution is 0.0914. The lowest BCUT2D eigenvalue weighted by atomic mass is 10.0. The Bertz CT molecular complexity index is 1370. The fourth-order valence-corrected chi connectivity index (χ4v) is 4.87. The molecule has 0 spiro atoms. The molecule has 3 heterocycles. The predicted octanol–water partition coefficient (Wildman–Crippen LogP) is 3.82. The molecule has 2 aromatic heterocycles. The van der Waals surface area contributed by atoms with Crippen molar-refractivity contribution in [2.75, 3.05) is 6.61 Å². The van der Waals surface area contributed by atoms with Crippen LogP contribution in [0, 0.1) is 20.8 Å². The maximum absolute atomic E-state index is 13.1. The number of aryl methyl sites for hydroxylation is 3. The number of aromatic nitrogens is 5. The normalized spacial score (nSPS) is 15.9. The molecule has 1 saturated heterocycles. The second-order valence-electron chi connectivity index (χ2n) is 9.71. The third-order valence-corrected chi connectivity index (χ3v) is 6.66. The van der Waals surface area contributed by atoms with Crippen LogP contribution in [0.15, 0.2) is 47.3 Å². The minimum Gasteiger partial charge on any atom is -0.376 e. The summed E-state index contributed by atoms with van der Waals surface area (Å²) in [5.41, 5.74) is 6.22. The smallest absolute Gasteiger partial charge is 0.252 e. The summed E-state index contributed by atoms with van der Waals surface area (Å²) in [6, 6.07) is 14.7. The van der Waals surface area contributed by atoms with Crippen LogP contribution in [0.2, 0.25) is 0 Å². The monoisotopic (exact) mass is 472 g/mol. The first-order valence-corrected chi connectivity index (χ1v) is 12.2. The molecule has 1 atom stereocenters. The van der Waals surface area contributed by atoms with Crippen LogP contribution in [0.5, 0.6) is 0 Å². The van der Waals surface area contributed by atoms with Gasteiger partial charge in [-0.15, -0.1) is 5.10 Å². The summed E-state index contributed by atoms with van der Waals surface area (Å²) in [5.74, 6) is 0.775. The van der Waals surface area contributed by atoms with Gasteiger partial charge >= 0.3 is 0 Å². The van der Waals surface area contributed by atoms with Gasteiger partial charge in [-0.05, 0) is 72.7 Å². The quantitative estimate of drug-likeness (QED) is 0.419. The molecule has 182 valence electrons. The second kappa shape index (κ2) is 10.1. The maximum atomic E-state index is 13.1. The molecule has 4 aromatic rings. The third kappa shape index (κ3) is 5.49. The number of nitrogens with zero attached hydrogens (tertiary/aromatic N) is 5. The molecule has 2 aromatic carbocycles. The van der Waals surface area contributed by atoms with E-state index in [2.05, 4.69) is 75.7 Å². The molecular weight excluding hydrogens is 440 g/mol. The van der Waals surface area contributed by atoms with Crippen molar-refractivity contribution in [2.45, 2.75) is 65.9 Å². The van der Waals surface area contributed by atoms with Crippen LogP contribution in [-0.2, 0) is 30.9 Å². The molecule has 0 amide bonds. The number of tetrazole rings is 1. The van der Waals surface area contributed by atoms with Crippen LogP contribution >= 0.6 is 0 Å². The Morgan fingerprint density at radius 2 is 1.89 bits per heavy atom. The van der Waals surface area contributed by atoms with Gasteiger partial charge in [0.2, 0.25) is 0 Å². The highest BCUT2D eigenvalue weighted by atomic mass is 16.5. The van der Waals surface area contributed by atoms with E-state index in [1.807, 2.05) is 17.7 Å². The predicted molar refractivity (Wildman–Crippen MR) is 135 cm³/mol. The molecule has 0 bridgehead atoms. The third-order valence-electron chi connectivity index (χ3n) is 6.66. The molecule has 1 unspecified atom stereocenters. The van der Waals surface area contributed by atoms with E-state index in [1.54, 1.807) is 0 Å². The summed E-state index contributed by atoms with van der Waals surface area (Å²) in [5, 5.41) is 13.5. The maximum Gasteiger partial charge on any atom is 0.252 e. The Hall–Kier alpha value is -3.36. The van der Waals surface area contributed by atoms with Gasteiger partial charge in [0.1, 0.15) is 0 Å². The van der Waals surface area contributed by atoms with Gasteiger partial charge in [-0.2, -0.15) is 0 Å². The van der Waals surface area contributed by atoms with Crippen molar-refractivity contribution in [3.8, 4) is 0 Å². The number of aromatic amines is 1. The van der Waals surface area contributed by atoms with Gasteiger partial charge in [-0.1, -0.05) is 41.5 Å². The van der Waals surface area contributed by atoms with Crippen molar-refractivity contribution in [3.63, 3.8) is 0 Å². The van der Waals surface area contributed by atoms with Crippen molar-refractivity contribution in [1.29, 1.82) is 0 Å². The minimum absolute atomic E-state index is 0.0580. The van der Waals surface area contributed by atoms with E-state index in [1.165, 1.54) is 16.7 Å². The van der Waals surface area contributed by atoms with Crippen LogP contribution in [0.1, 0.15) is 46.5 Å². The molecule has 1 fully saturated rings. The molecule has 5 rings (SSSR count). The van der Waals surface area contributed by atoms with E-state index in [0.29, 0.717) is 26.2 Å². The summed E-state index contributed by atoms with van der Waals surface area (Å²) in [6.07, 6.45) is 2.25. The highest BCUT2D eigenvalue weighted by Crippen LogP contribution is 2.20. The molecule has 35 heavy (non-hydrogen) atoms. The number of hydrogen-bond donors (Lipinski definition) is 1. The standard InChI is InChI=1S/C27H32N6O2/c1-18-6-8-21(9-7-18)14-32(17-25-29-30-31-33(25)16-24-5-4-10-35-24)15-23-13-22-12-19(2)11-20(3)26(22)28-27(23)34/h6-9,11-13,24H,4-5,10,14-17H2,1-3H3,(H,28,34). The number of fused-ring (bicyclic) bond motifs is 1. The number of ether oxygens (including phenoxy) is 1. The van der Waals surface area contributed by atoms with Gasteiger partial charge < -0.3 is 9.72 Å². The molecule has 1 N–H and O–H groups in total. The Kier molecular flexibility index (Phi) is 6.74. The van der Waals surface area contributed by atoms with Crippen molar-refractivity contribution >= 4 is 10.9 Å². The van der Waals surface area contributed by atoms with E-state index in [9.17, 15) is 4.79 Å². The summed E-state index contributed by atoms with van der Waals surface area (Å²) in [4.78, 5) is 18.4. The van der Waals surface area contributed by atoms with Crippen LogP contribution in [-0.4, -0.2) is 42.8 Å². The van der Waals surface area contributed by atoms with Gasteiger partial charge in [0.25, 0.3) is 5.56 Å². The van der Waals surface area contributed by atoms with Crippen molar-refractivity contribution < 1.29 is 4.74 Å². The lowest BCUT2D eigenvalue weighted by Crippen LogP contribution is -2.29. The highest BCUT2D eigenvalue weighted by molar-refractivity contribution is 5.82. The van der Waals surface area contributed by atoms with E-state index in [0.717, 1.165) is 47.3 Å². The van der Waals surface area contributed by atoms with Gasteiger partial charge in [0.05, 0.1) is 24.7 Å². The molecular formula is C27H32N6O2. The van der Waals surface area contributed by atoms with Crippen LogP contribution in [0.4, 0.5) is 0 Å². The fourth-order valence-electron chi connectivity index (χ4n) is 4.87. The van der Waals surface area contributed by atoms with Crippen LogP contribution in [0.3, 0.4) is 0 Å². The topological polar surface area (TPSA) is 88.9 Å². The van der Waals surface area contributed by atoms with Gasteiger partial charge in [0.15, 0.2) is 5.82 Å². The van der Waals surface area contributed by atoms with Crippen molar-refractivity contribution in [3.05, 3.63) is 86.5 Å². The molecule has 0 aliphatic carbocycles. The van der Waals surface area contributed by atoms with Gasteiger partial charge in [-0.25, -0.2) is 4.68 Å². The van der Waals surface area contributed by atoms with Crippen molar-refractivity contribution in [1.82, 2.24) is 30.1 Å². The molecule has 8 nitrogen and oxygen atoms in total. The van der Waals surface area contributed by atoms with E-state index in [-0.39, 0.29) is 11.7 Å². The average molecular weight is 473 g/mol. The second-order valence-corrected chi connectivity index (χ2v) is 9.71. The minimum atomic E-state index is -0.0580. The van der Waals surface area contributed by atoms with Gasteiger partial charge in [-0.3, -0.25) is 9.69 Å². The number of hydrogen-bond acceptors (Lipinski definition) is 6. The number of benzene rings is 2. The first kappa shape index (κ1) is 23.4. The van der Waals surface area contributed by atoms with E-state index in [4.69, 9.17) is 4.74 Å². The van der Waals surface area contributed by atoms with Crippen molar-refractivity contribution in [2.24, 2.45) is 0 Å². The zero-order valence-corrected chi connectivity index (χ0v) is 20.6. The highest BCUT2D eigenvalue weighted by Gasteiger charge is 2.21. The van der Waals surface area contributed by atoms with E-state index >= 15 is 0 Å². The first-order chi connectivity index (χ1) is 16.9. The van der Waals surface area contributed by atoms with E-state index < -0.39 is 0 Å². The summed E-state index contributed by atoms with van der Waals surface area (Å²) in [6.45, 7) is 9.33. The summed E-state index contributed by atoms with van der Waals surface area (Å²) in [7, 11) is 0. The summed E-state index contributed by atoms with van der Waals surface area (Å²) < 4.78 is 7.63. The number of H-pyrrole nitrogens is 1. The Morgan fingerprint density at radius 3 is 2.66 bits per heavy atom. The molecule has 1 aliphatic heterocycles. The lowest BCUT2D eigenvalue weighted by Gasteiger charge is -2.22. The molecule has 8 heteroatoms. The van der Waals surface area contributed by atoms with Crippen LogP contribution < -0.4 is 5.56 Å². The fraction of sp³-hybridized carbons (Fsp3) is 0.407. The molecule has 0 radical (unpaired) electrons. The molecule has 1 aliphatic rings. The zero-order chi connectivity index (χ0) is 24.4. The average Bonchev–Trinajstić information content (AvgIpc) is 3.49. The SMILES string of the molecule is Cc1ccc(CN(Cc2cc3cc(C)cc(C)c3[nH]c2=O)Cc2nnnn2CC2CCCO2)cc1.